The predicted molar refractivity (Wildman–Crippen MR) is 70.8 cm³/mol. The normalized spacial score (nSPS) is 12.4. The number of azo groups is 1. The molecule has 0 fully saturated rings. The predicted octanol–water partition coefficient (Wildman–Crippen LogP) is 5.75. The van der Waals surface area contributed by atoms with Crippen molar-refractivity contribution in [2.75, 3.05) is 6.54 Å². The molecular weight excluding hydrogens is 290 g/mol. The van der Waals surface area contributed by atoms with Crippen LogP contribution >= 0.6 is 46.4 Å². The van der Waals surface area contributed by atoms with Crippen LogP contribution in [0.1, 0.15) is 13.8 Å². The van der Waals surface area contributed by atoms with Gasteiger partial charge in [0, 0.05) is 5.02 Å². The van der Waals surface area contributed by atoms with Crippen LogP contribution in [0.25, 0.3) is 0 Å². The second-order valence-electron chi connectivity index (χ2n) is 3.84. The lowest BCUT2D eigenvalue weighted by Crippen LogP contribution is -2.13. The van der Waals surface area contributed by atoms with E-state index in [1.54, 1.807) is 12.1 Å². The molecular formula is C10H10Cl4N2. The summed E-state index contributed by atoms with van der Waals surface area (Å²) >= 11 is 23.6. The molecule has 0 atom stereocenters. The summed E-state index contributed by atoms with van der Waals surface area (Å²) in [4.78, 5) is -0.436. The van der Waals surface area contributed by atoms with Crippen molar-refractivity contribution in [1.82, 2.24) is 0 Å². The zero-order valence-electron chi connectivity index (χ0n) is 8.77. The Labute approximate surface area is 115 Å². The highest BCUT2D eigenvalue weighted by molar-refractivity contribution is 6.41. The van der Waals surface area contributed by atoms with Gasteiger partial charge in [-0.05, 0) is 26.0 Å². The van der Waals surface area contributed by atoms with Gasteiger partial charge < -0.3 is 0 Å². The highest BCUT2D eigenvalue weighted by Crippen LogP contribution is 2.36. The molecule has 88 valence electrons. The first-order valence-electron chi connectivity index (χ1n) is 4.50. The second kappa shape index (κ2) is 5.54. The molecule has 16 heavy (non-hydrogen) atoms. The monoisotopic (exact) mass is 298 g/mol. The Morgan fingerprint density at radius 3 is 2.06 bits per heavy atom. The number of alkyl halides is 1. The Morgan fingerprint density at radius 1 is 1.12 bits per heavy atom. The number of hydrogen-bond acceptors (Lipinski definition) is 2. The van der Waals surface area contributed by atoms with E-state index in [1.807, 2.05) is 13.8 Å². The maximum absolute atomic E-state index is 5.96. The lowest BCUT2D eigenvalue weighted by atomic mass is 10.2. The largest absolute Gasteiger partial charge is 0.187 e. The Hall–Kier alpha value is -0.0200. The van der Waals surface area contributed by atoms with Crippen LogP contribution in [-0.4, -0.2) is 11.4 Å². The summed E-state index contributed by atoms with van der Waals surface area (Å²) in [7, 11) is 0. The third kappa shape index (κ3) is 4.46. The molecule has 2 nitrogen and oxygen atoms in total. The van der Waals surface area contributed by atoms with Gasteiger partial charge in [0.05, 0.1) is 21.5 Å². The van der Waals surface area contributed by atoms with E-state index >= 15 is 0 Å². The molecule has 1 rings (SSSR count). The third-order valence-electron chi connectivity index (χ3n) is 1.60. The molecule has 0 saturated heterocycles. The molecule has 1 aromatic carbocycles. The second-order valence-corrected chi connectivity index (χ2v) is 6.11. The third-order valence-corrected chi connectivity index (χ3v) is 2.51. The van der Waals surface area contributed by atoms with Crippen LogP contribution in [0.3, 0.4) is 0 Å². The molecule has 0 unspecified atom stereocenters. The number of hydrogen-bond donors (Lipinski definition) is 0. The summed E-state index contributed by atoms with van der Waals surface area (Å²) in [6.45, 7) is 4.07. The van der Waals surface area contributed by atoms with Crippen LogP contribution in [0.15, 0.2) is 22.4 Å². The minimum Gasteiger partial charge on any atom is -0.187 e. The van der Waals surface area contributed by atoms with Crippen LogP contribution in [0, 0.1) is 0 Å². The fourth-order valence-electron chi connectivity index (χ4n) is 0.904. The van der Waals surface area contributed by atoms with Crippen molar-refractivity contribution in [2.24, 2.45) is 10.2 Å². The molecule has 0 aliphatic rings. The first-order chi connectivity index (χ1) is 7.29. The molecule has 0 N–H and O–H groups in total. The van der Waals surface area contributed by atoms with Gasteiger partial charge in [-0.15, -0.1) is 11.6 Å². The molecule has 0 aliphatic carbocycles. The standard InChI is InChI=1S/C10H10Cl4N2/c1-10(2,14)5-15-16-9-7(12)3-6(11)4-8(9)13/h3-4H,5H2,1-2H3. The van der Waals surface area contributed by atoms with Crippen molar-refractivity contribution in [2.45, 2.75) is 18.7 Å². The fraction of sp³-hybridized carbons (Fsp3) is 0.400. The molecule has 0 spiro atoms. The first kappa shape index (κ1) is 14.0. The van der Waals surface area contributed by atoms with Crippen LogP contribution in [0.2, 0.25) is 15.1 Å². The average Bonchev–Trinajstić information content (AvgIpc) is 2.07. The van der Waals surface area contributed by atoms with E-state index in [0.29, 0.717) is 27.3 Å². The summed E-state index contributed by atoms with van der Waals surface area (Å²) in [5, 5.41) is 9.10. The summed E-state index contributed by atoms with van der Waals surface area (Å²) in [5.41, 5.74) is 0.411. The summed E-state index contributed by atoms with van der Waals surface area (Å²) in [5.74, 6) is 0. The van der Waals surface area contributed by atoms with Crippen molar-refractivity contribution < 1.29 is 0 Å². The van der Waals surface area contributed by atoms with Gasteiger partial charge in [0.1, 0.15) is 5.69 Å². The average molecular weight is 300 g/mol. The van der Waals surface area contributed by atoms with Crippen molar-refractivity contribution in [1.29, 1.82) is 0 Å². The quantitative estimate of drug-likeness (QED) is 0.501. The maximum Gasteiger partial charge on any atom is 0.122 e. The van der Waals surface area contributed by atoms with E-state index < -0.39 is 4.87 Å². The minimum absolute atomic E-state index is 0.369. The molecule has 0 saturated carbocycles. The van der Waals surface area contributed by atoms with Crippen molar-refractivity contribution in [3.05, 3.63) is 27.2 Å². The molecule has 6 heteroatoms. The molecule has 0 aromatic heterocycles. The Balaban J connectivity index is 2.90. The highest BCUT2D eigenvalue weighted by Gasteiger charge is 2.12. The van der Waals surface area contributed by atoms with Gasteiger partial charge in [-0.1, -0.05) is 34.8 Å². The minimum atomic E-state index is -0.436. The molecule has 0 heterocycles. The van der Waals surface area contributed by atoms with Crippen molar-refractivity contribution in [3.63, 3.8) is 0 Å². The van der Waals surface area contributed by atoms with Gasteiger partial charge in [-0.2, -0.15) is 10.2 Å². The van der Waals surface area contributed by atoms with E-state index in [9.17, 15) is 0 Å². The zero-order valence-corrected chi connectivity index (χ0v) is 11.8. The number of benzene rings is 1. The van der Waals surface area contributed by atoms with Crippen LogP contribution in [0.4, 0.5) is 5.69 Å². The van der Waals surface area contributed by atoms with Gasteiger partial charge in [0.2, 0.25) is 0 Å². The zero-order chi connectivity index (χ0) is 12.3. The molecule has 0 bridgehead atoms. The van der Waals surface area contributed by atoms with Crippen LogP contribution < -0.4 is 0 Å². The van der Waals surface area contributed by atoms with E-state index in [-0.39, 0.29) is 0 Å². The molecule has 1 aromatic rings. The summed E-state index contributed by atoms with van der Waals surface area (Å²) < 4.78 is 0. The van der Waals surface area contributed by atoms with Crippen LogP contribution in [0.5, 0.6) is 0 Å². The van der Waals surface area contributed by atoms with Crippen molar-refractivity contribution >= 4 is 52.1 Å². The smallest absolute Gasteiger partial charge is 0.122 e. The van der Waals surface area contributed by atoms with Crippen LogP contribution in [-0.2, 0) is 0 Å². The summed E-state index contributed by atoms with van der Waals surface area (Å²) in [6.07, 6.45) is 0. The number of rotatable bonds is 3. The number of nitrogens with zero attached hydrogens (tertiary/aromatic N) is 2. The Bertz CT molecular complexity index is 387. The van der Waals surface area contributed by atoms with Gasteiger partial charge in [0.15, 0.2) is 0 Å². The molecule has 0 aliphatic heterocycles. The van der Waals surface area contributed by atoms with E-state index in [1.165, 1.54) is 0 Å². The van der Waals surface area contributed by atoms with Crippen molar-refractivity contribution in [3.8, 4) is 0 Å². The van der Waals surface area contributed by atoms with Gasteiger partial charge in [-0.3, -0.25) is 0 Å². The maximum atomic E-state index is 5.96. The molecule has 0 radical (unpaired) electrons. The Morgan fingerprint density at radius 2 is 1.62 bits per heavy atom. The Kier molecular flexibility index (Phi) is 4.87. The van der Waals surface area contributed by atoms with E-state index in [4.69, 9.17) is 46.4 Å². The lowest BCUT2D eigenvalue weighted by Gasteiger charge is -2.10. The van der Waals surface area contributed by atoms with Gasteiger partial charge >= 0.3 is 0 Å². The topological polar surface area (TPSA) is 24.7 Å². The molecule has 0 amide bonds. The fourth-order valence-corrected chi connectivity index (χ4v) is 1.85. The first-order valence-corrected chi connectivity index (χ1v) is 6.02. The van der Waals surface area contributed by atoms with E-state index in [0.717, 1.165) is 0 Å². The van der Waals surface area contributed by atoms with E-state index in [2.05, 4.69) is 10.2 Å². The van der Waals surface area contributed by atoms with Gasteiger partial charge in [0.25, 0.3) is 0 Å². The summed E-state index contributed by atoms with van der Waals surface area (Å²) in [6, 6.07) is 3.13. The number of halogens is 4. The van der Waals surface area contributed by atoms with Gasteiger partial charge in [-0.25, -0.2) is 0 Å². The highest BCUT2D eigenvalue weighted by atomic mass is 35.5. The lowest BCUT2D eigenvalue weighted by molar-refractivity contribution is 0.690. The SMILES string of the molecule is CC(C)(Cl)CN=Nc1c(Cl)cc(Cl)cc1Cl.